The molecule has 1 amide bonds. The lowest BCUT2D eigenvalue weighted by molar-refractivity contribution is -0.119. The Morgan fingerprint density at radius 1 is 1.08 bits per heavy atom. The first-order valence-corrected chi connectivity index (χ1v) is 9.46. The molecule has 0 fully saturated rings. The molecule has 1 atom stereocenters. The minimum absolute atomic E-state index is 0.218. The van der Waals surface area contributed by atoms with Crippen LogP contribution < -0.4 is 10.2 Å². The second-order valence-corrected chi connectivity index (χ2v) is 7.40. The molecule has 0 aliphatic heterocycles. The number of nitrogens with one attached hydrogen (secondary N) is 1. The summed E-state index contributed by atoms with van der Waals surface area (Å²) in [6.07, 6.45) is 0. The number of esters is 1. The number of hydrogen-bond donors (Lipinski definition) is 1. The first-order valence-electron chi connectivity index (χ1n) is 8.14. The molecule has 2 aromatic rings. The maximum atomic E-state index is 12.2. The summed E-state index contributed by atoms with van der Waals surface area (Å²) < 4.78 is 17.1. The standard InChI is InChI=1S/C19H22N2O4S/c1-4-26(24)17-8-6-5-7-16(17)19(23)25-13-18(22)20-14-9-11-15(12-10-14)21(2)3/h5-12H,4,13H2,1-3H3,(H,20,22)/t26-/m0/s1. The van der Waals surface area contributed by atoms with Gasteiger partial charge in [-0.15, -0.1) is 0 Å². The third-order valence-electron chi connectivity index (χ3n) is 3.62. The van der Waals surface area contributed by atoms with Crippen molar-refractivity contribution in [3.8, 4) is 0 Å². The van der Waals surface area contributed by atoms with Crippen molar-refractivity contribution in [3.63, 3.8) is 0 Å². The topological polar surface area (TPSA) is 75.7 Å². The van der Waals surface area contributed by atoms with Crippen LogP contribution in [0.25, 0.3) is 0 Å². The Balaban J connectivity index is 1.95. The maximum Gasteiger partial charge on any atom is 0.339 e. The smallest absolute Gasteiger partial charge is 0.339 e. The van der Waals surface area contributed by atoms with Crippen molar-refractivity contribution in [2.24, 2.45) is 0 Å². The molecule has 0 saturated heterocycles. The van der Waals surface area contributed by atoms with Crippen LogP contribution in [0.15, 0.2) is 53.4 Å². The van der Waals surface area contributed by atoms with E-state index in [2.05, 4.69) is 5.32 Å². The molecule has 0 aliphatic carbocycles. The second kappa shape index (κ2) is 9.15. The van der Waals surface area contributed by atoms with E-state index in [1.54, 1.807) is 43.3 Å². The van der Waals surface area contributed by atoms with E-state index < -0.39 is 29.3 Å². The average Bonchev–Trinajstić information content (AvgIpc) is 2.65. The fourth-order valence-corrected chi connectivity index (χ4v) is 3.18. The quantitative estimate of drug-likeness (QED) is 0.754. The van der Waals surface area contributed by atoms with E-state index >= 15 is 0 Å². The van der Waals surface area contributed by atoms with Crippen molar-refractivity contribution in [1.82, 2.24) is 0 Å². The minimum atomic E-state index is -1.28. The molecule has 6 nitrogen and oxygen atoms in total. The predicted molar refractivity (Wildman–Crippen MR) is 103 cm³/mol. The summed E-state index contributed by atoms with van der Waals surface area (Å²) in [4.78, 5) is 26.6. The summed E-state index contributed by atoms with van der Waals surface area (Å²) in [5, 5.41) is 2.67. The molecule has 0 aromatic heterocycles. The predicted octanol–water partition coefficient (Wildman–Crippen LogP) is 2.68. The largest absolute Gasteiger partial charge is 0.452 e. The van der Waals surface area contributed by atoms with Crippen LogP contribution in [0.1, 0.15) is 17.3 Å². The normalized spacial score (nSPS) is 11.5. The summed E-state index contributed by atoms with van der Waals surface area (Å²) in [5.74, 6) is -0.709. The van der Waals surface area contributed by atoms with Crippen LogP contribution in [0.4, 0.5) is 11.4 Å². The Kier molecular flexibility index (Phi) is 6.91. The van der Waals surface area contributed by atoms with Crippen molar-refractivity contribution < 1.29 is 18.5 Å². The van der Waals surface area contributed by atoms with Crippen LogP contribution in [-0.4, -0.2) is 42.5 Å². The Hall–Kier alpha value is -2.67. The molecule has 26 heavy (non-hydrogen) atoms. The van der Waals surface area contributed by atoms with E-state index in [0.717, 1.165) is 5.69 Å². The maximum absolute atomic E-state index is 12.2. The molecule has 0 heterocycles. The lowest BCUT2D eigenvalue weighted by Gasteiger charge is -2.13. The van der Waals surface area contributed by atoms with Crippen LogP contribution in [-0.2, 0) is 20.3 Å². The number of anilines is 2. The summed E-state index contributed by atoms with van der Waals surface area (Å²) in [7, 11) is 2.57. The molecule has 0 bridgehead atoms. The molecule has 0 unspecified atom stereocenters. The van der Waals surface area contributed by atoms with Crippen LogP contribution in [0, 0.1) is 0 Å². The fraction of sp³-hybridized carbons (Fsp3) is 0.263. The van der Waals surface area contributed by atoms with E-state index in [1.807, 2.05) is 31.1 Å². The van der Waals surface area contributed by atoms with Gasteiger partial charge in [0.15, 0.2) is 6.61 Å². The van der Waals surface area contributed by atoms with E-state index in [0.29, 0.717) is 16.3 Å². The highest BCUT2D eigenvalue weighted by Crippen LogP contribution is 2.17. The Morgan fingerprint density at radius 3 is 2.35 bits per heavy atom. The number of nitrogens with zero attached hydrogens (tertiary/aromatic N) is 1. The van der Waals surface area contributed by atoms with Crippen LogP contribution in [0.3, 0.4) is 0 Å². The molecular formula is C19H22N2O4S. The zero-order valence-corrected chi connectivity index (χ0v) is 15.8. The number of rotatable bonds is 7. The van der Waals surface area contributed by atoms with Crippen molar-refractivity contribution in [2.45, 2.75) is 11.8 Å². The van der Waals surface area contributed by atoms with Gasteiger partial charge in [0.25, 0.3) is 5.91 Å². The summed E-state index contributed by atoms with van der Waals surface area (Å²) in [6.45, 7) is 1.36. The molecule has 0 radical (unpaired) electrons. The molecule has 1 N–H and O–H groups in total. The van der Waals surface area contributed by atoms with E-state index in [9.17, 15) is 13.8 Å². The van der Waals surface area contributed by atoms with Gasteiger partial charge in [-0.1, -0.05) is 19.1 Å². The van der Waals surface area contributed by atoms with Gasteiger partial charge in [-0.25, -0.2) is 4.79 Å². The average molecular weight is 374 g/mol. The number of amides is 1. The molecular weight excluding hydrogens is 352 g/mol. The summed E-state index contributed by atoms with van der Waals surface area (Å²) in [6, 6.07) is 13.8. The van der Waals surface area contributed by atoms with Gasteiger partial charge in [0.2, 0.25) is 0 Å². The van der Waals surface area contributed by atoms with Gasteiger partial charge in [0.1, 0.15) is 0 Å². The third-order valence-corrected chi connectivity index (χ3v) is 4.99. The zero-order chi connectivity index (χ0) is 19.1. The third kappa shape index (κ3) is 5.16. The number of carbonyl (C=O) groups is 2. The summed E-state index contributed by atoms with van der Waals surface area (Å²) >= 11 is 0. The van der Waals surface area contributed by atoms with Gasteiger partial charge in [-0.05, 0) is 36.4 Å². The van der Waals surface area contributed by atoms with Gasteiger partial charge in [-0.3, -0.25) is 9.00 Å². The lowest BCUT2D eigenvalue weighted by Crippen LogP contribution is -2.21. The van der Waals surface area contributed by atoms with Gasteiger partial charge in [-0.2, -0.15) is 0 Å². The Morgan fingerprint density at radius 2 is 1.73 bits per heavy atom. The zero-order valence-electron chi connectivity index (χ0n) is 15.0. The Bertz CT molecular complexity index is 803. The molecule has 2 aromatic carbocycles. The first-order chi connectivity index (χ1) is 12.4. The number of hydrogen-bond acceptors (Lipinski definition) is 5. The minimum Gasteiger partial charge on any atom is -0.452 e. The van der Waals surface area contributed by atoms with Gasteiger partial charge >= 0.3 is 5.97 Å². The van der Waals surface area contributed by atoms with Crippen molar-refractivity contribution in [3.05, 3.63) is 54.1 Å². The number of ether oxygens (including phenoxy) is 1. The molecule has 0 aliphatic rings. The van der Waals surface area contributed by atoms with E-state index in [1.165, 1.54) is 0 Å². The highest BCUT2D eigenvalue weighted by Gasteiger charge is 2.17. The fourth-order valence-electron chi connectivity index (χ4n) is 2.24. The highest BCUT2D eigenvalue weighted by atomic mass is 32.2. The van der Waals surface area contributed by atoms with Crippen LogP contribution in [0.5, 0.6) is 0 Å². The molecule has 0 saturated carbocycles. The van der Waals surface area contributed by atoms with E-state index in [4.69, 9.17) is 4.74 Å². The Labute approximate surface area is 155 Å². The highest BCUT2D eigenvalue weighted by molar-refractivity contribution is 7.85. The molecule has 138 valence electrons. The van der Waals surface area contributed by atoms with E-state index in [-0.39, 0.29) is 5.56 Å². The number of benzene rings is 2. The van der Waals surface area contributed by atoms with Gasteiger partial charge in [0, 0.05) is 31.2 Å². The SMILES string of the molecule is CC[S@](=O)c1ccccc1C(=O)OCC(=O)Nc1ccc(N(C)C)cc1. The molecule has 0 spiro atoms. The van der Waals surface area contributed by atoms with Gasteiger partial charge < -0.3 is 15.0 Å². The monoisotopic (exact) mass is 374 g/mol. The van der Waals surface area contributed by atoms with Crippen molar-refractivity contribution >= 4 is 34.1 Å². The molecule has 7 heteroatoms. The second-order valence-electron chi connectivity index (χ2n) is 5.70. The van der Waals surface area contributed by atoms with Crippen LogP contribution >= 0.6 is 0 Å². The lowest BCUT2D eigenvalue weighted by atomic mass is 10.2. The van der Waals surface area contributed by atoms with Crippen molar-refractivity contribution in [1.29, 1.82) is 0 Å². The summed E-state index contributed by atoms with van der Waals surface area (Å²) in [5.41, 5.74) is 1.84. The molecule has 2 rings (SSSR count). The first kappa shape index (κ1) is 19.7. The van der Waals surface area contributed by atoms with Crippen molar-refractivity contribution in [2.75, 3.05) is 36.7 Å². The van der Waals surface area contributed by atoms with Crippen LogP contribution in [0.2, 0.25) is 0 Å². The van der Waals surface area contributed by atoms with Gasteiger partial charge in [0.05, 0.1) is 21.3 Å². The number of carbonyl (C=O) groups excluding carboxylic acids is 2.